The molecule has 0 aliphatic carbocycles. The molecule has 2 amide bonds. The molecule has 1 aliphatic rings. The Morgan fingerprint density at radius 3 is 2.52 bits per heavy atom. The van der Waals surface area contributed by atoms with Gasteiger partial charge in [-0.1, -0.05) is 30.3 Å². The highest BCUT2D eigenvalue weighted by molar-refractivity contribution is 6.31. The summed E-state index contributed by atoms with van der Waals surface area (Å²) >= 11 is 0. The van der Waals surface area contributed by atoms with Crippen molar-refractivity contribution in [1.82, 2.24) is 5.43 Å². The Labute approximate surface area is 177 Å². The molecule has 1 aliphatic heterocycles. The Morgan fingerprint density at radius 2 is 1.87 bits per heavy atom. The molecule has 1 saturated heterocycles. The van der Waals surface area contributed by atoms with Gasteiger partial charge in [-0.05, 0) is 32.1 Å². The molecule has 0 radical (unpaired) electrons. The molecule has 0 bridgehead atoms. The normalized spacial score (nSPS) is 14.7. The fourth-order valence-corrected chi connectivity index (χ4v) is 2.86. The second-order valence-corrected chi connectivity index (χ2v) is 6.75. The van der Waals surface area contributed by atoms with Crippen molar-refractivity contribution in [2.75, 3.05) is 11.6 Å². The summed E-state index contributed by atoms with van der Waals surface area (Å²) in [4.78, 5) is 47.7. The topological polar surface area (TPSA) is 128 Å². The largest absolute Gasteiger partial charge is 0.474 e. The van der Waals surface area contributed by atoms with Crippen molar-refractivity contribution in [3.8, 4) is 5.75 Å². The number of rotatable bonds is 7. The van der Waals surface area contributed by atoms with Crippen molar-refractivity contribution in [3.05, 3.63) is 69.8 Å². The van der Waals surface area contributed by atoms with Crippen LogP contribution in [0.4, 0.5) is 11.4 Å². The standard InChI is InChI=1S/C21H19N3O7/c1-13(2)31-18(25)12-30-19-14(7-6-10-17(19)24(28)29)11-16-20(26)22-23(21(16)27)15-8-4-3-5-9-15/h3-11,13H,12H2,1-2H3,(H,22,26)/b16-11-. The molecule has 3 rings (SSSR count). The first-order valence-corrected chi connectivity index (χ1v) is 9.29. The first-order valence-electron chi connectivity index (χ1n) is 9.29. The number of amides is 2. The third-order valence-corrected chi connectivity index (χ3v) is 4.13. The van der Waals surface area contributed by atoms with Crippen LogP contribution in [-0.4, -0.2) is 35.4 Å². The second kappa shape index (κ2) is 9.08. The summed E-state index contributed by atoms with van der Waals surface area (Å²) in [6, 6.07) is 12.5. The van der Waals surface area contributed by atoms with Gasteiger partial charge in [0.05, 0.1) is 16.7 Å². The van der Waals surface area contributed by atoms with Crippen molar-refractivity contribution in [2.24, 2.45) is 0 Å². The lowest BCUT2D eigenvalue weighted by Crippen LogP contribution is -2.35. The van der Waals surface area contributed by atoms with E-state index in [0.717, 1.165) is 5.01 Å². The molecule has 0 spiro atoms. The van der Waals surface area contributed by atoms with Gasteiger partial charge in [0.1, 0.15) is 5.57 Å². The van der Waals surface area contributed by atoms with Crippen LogP contribution in [0.5, 0.6) is 5.75 Å². The number of carbonyl (C=O) groups excluding carboxylic acids is 3. The number of benzene rings is 2. The number of nitro benzene ring substituents is 1. The molecule has 10 heteroatoms. The van der Waals surface area contributed by atoms with Crippen LogP contribution in [0.1, 0.15) is 19.4 Å². The highest BCUT2D eigenvalue weighted by atomic mass is 16.6. The van der Waals surface area contributed by atoms with Crippen LogP contribution in [0.25, 0.3) is 6.08 Å². The fraction of sp³-hybridized carbons (Fsp3) is 0.190. The number of hydrogen-bond donors (Lipinski definition) is 1. The van der Waals surface area contributed by atoms with Gasteiger partial charge in [-0.2, -0.15) is 0 Å². The second-order valence-electron chi connectivity index (χ2n) is 6.75. The first kappa shape index (κ1) is 21.5. The maximum absolute atomic E-state index is 12.8. The number of para-hydroxylation sites is 2. The Hall–Kier alpha value is -4.21. The molecule has 0 atom stereocenters. The predicted octanol–water partition coefficient (Wildman–Crippen LogP) is 2.39. The maximum atomic E-state index is 12.8. The molecule has 31 heavy (non-hydrogen) atoms. The van der Waals surface area contributed by atoms with Crippen LogP contribution in [0.15, 0.2) is 54.1 Å². The Morgan fingerprint density at radius 1 is 1.16 bits per heavy atom. The van der Waals surface area contributed by atoms with Crippen LogP contribution < -0.4 is 15.2 Å². The monoisotopic (exact) mass is 425 g/mol. The lowest BCUT2D eigenvalue weighted by molar-refractivity contribution is -0.385. The smallest absolute Gasteiger partial charge is 0.344 e. The van der Waals surface area contributed by atoms with E-state index in [9.17, 15) is 24.5 Å². The summed E-state index contributed by atoms with van der Waals surface area (Å²) in [6.45, 7) is 2.73. The average molecular weight is 425 g/mol. The molecule has 1 N–H and O–H groups in total. The molecule has 0 saturated carbocycles. The minimum atomic E-state index is -0.711. The van der Waals surface area contributed by atoms with Crippen molar-refractivity contribution < 1.29 is 28.8 Å². The van der Waals surface area contributed by atoms with E-state index >= 15 is 0 Å². The highest BCUT2D eigenvalue weighted by Crippen LogP contribution is 2.33. The number of nitrogens with one attached hydrogen (secondary N) is 1. The summed E-state index contributed by atoms with van der Waals surface area (Å²) in [5, 5.41) is 12.5. The molecular formula is C21H19N3O7. The van der Waals surface area contributed by atoms with E-state index in [0.29, 0.717) is 5.69 Å². The van der Waals surface area contributed by atoms with E-state index < -0.39 is 35.0 Å². The molecule has 10 nitrogen and oxygen atoms in total. The third-order valence-electron chi connectivity index (χ3n) is 4.13. The number of hydrazine groups is 1. The van der Waals surface area contributed by atoms with Gasteiger partial charge in [-0.3, -0.25) is 25.1 Å². The zero-order chi connectivity index (χ0) is 22.5. The van der Waals surface area contributed by atoms with E-state index in [1.54, 1.807) is 44.2 Å². The minimum Gasteiger partial charge on any atom is -0.474 e. The molecule has 0 unspecified atom stereocenters. The number of hydrogen-bond acceptors (Lipinski definition) is 7. The summed E-state index contributed by atoms with van der Waals surface area (Å²) in [7, 11) is 0. The van der Waals surface area contributed by atoms with Crippen molar-refractivity contribution in [1.29, 1.82) is 0 Å². The van der Waals surface area contributed by atoms with Gasteiger partial charge in [0.15, 0.2) is 6.61 Å². The van der Waals surface area contributed by atoms with Crippen LogP contribution in [0.3, 0.4) is 0 Å². The van der Waals surface area contributed by atoms with Gasteiger partial charge in [-0.15, -0.1) is 0 Å². The zero-order valence-electron chi connectivity index (χ0n) is 16.7. The van der Waals surface area contributed by atoms with Crippen LogP contribution in [0, 0.1) is 10.1 Å². The quantitative estimate of drug-likeness (QED) is 0.237. The highest BCUT2D eigenvalue weighted by Gasteiger charge is 2.35. The maximum Gasteiger partial charge on any atom is 0.344 e. The Balaban J connectivity index is 1.94. The Kier molecular flexibility index (Phi) is 6.29. The summed E-state index contributed by atoms with van der Waals surface area (Å²) < 4.78 is 10.3. The molecule has 1 fully saturated rings. The predicted molar refractivity (Wildman–Crippen MR) is 110 cm³/mol. The number of nitro groups is 1. The molecule has 1 heterocycles. The SMILES string of the molecule is CC(C)OC(=O)COc1c(/C=C2/C(=O)NN(c3ccccc3)C2=O)cccc1[N+](=O)[O-]. The van der Waals surface area contributed by atoms with E-state index in [-0.39, 0.29) is 23.0 Å². The zero-order valence-corrected chi connectivity index (χ0v) is 16.7. The van der Waals surface area contributed by atoms with E-state index in [2.05, 4.69) is 5.43 Å². The summed E-state index contributed by atoms with van der Waals surface area (Å²) in [6.07, 6.45) is 0.809. The number of esters is 1. The van der Waals surface area contributed by atoms with Gasteiger partial charge in [0.2, 0.25) is 5.75 Å². The first-order chi connectivity index (χ1) is 14.8. The number of anilines is 1. The van der Waals surface area contributed by atoms with Gasteiger partial charge in [-0.25, -0.2) is 9.80 Å². The Bertz CT molecular complexity index is 1060. The van der Waals surface area contributed by atoms with Crippen molar-refractivity contribution in [2.45, 2.75) is 20.0 Å². The van der Waals surface area contributed by atoms with Crippen molar-refractivity contribution in [3.63, 3.8) is 0 Å². The van der Waals surface area contributed by atoms with Gasteiger partial charge in [0.25, 0.3) is 11.8 Å². The summed E-state index contributed by atoms with van der Waals surface area (Å²) in [5.41, 5.74) is 2.34. The van der Waals surface area contributed by atoms with Gasteiger partial charge >= 0.3 is 11.7 Å². The van der Waals surface area contributed by atoms with E-state index in [4.69, 9.17) is 9.47 Å². The van der Waals surface area contributed by atoms with Crippen LogP contribution >= 0.6 is 0 Å². The van der Waals surface area contributed by atoms with Crippen molar-refractivity contribution >= 4 is 35.2 Å². The van der Waals surface area contributed by atoms with Gasteiger partial charge < -0.3 is 9.47 Å². The molecular weight excluding hydrogens is 406 g/mol. The number of nitrogens with zero attached hydrogens (tertiary/aromatic N) is 2. The fourth-order valence-electron chi connectivity index (χ4n) is 2.86. The number of ether oxygens (including phenoxy) is 2. The minimum absolute atomic E-state index is 0.0972. The van der Waals surface area contributed by atoms with E-state index in [1.165, 1.54) is 24.3 Å². The third kappa shape index (κ3) is 4.86. The van der Waals surface area contributed by atoms with Crippen LogP contribution in [0.2, 0.25) is 0 Å². The van der Waals surface area contributed by atoms with Crippen LogP contribution in [-0.2, 0) is 19.1 Å². The lowest BCUT2D eigenvalue weighted by atomic mass is 10.1. The molecule has 0 aromatic heterocycles. The number of carbonyl (C=O) groups is 3. The summed E-state index contributed by atoms with van der Waals surface area (Å²) in [5.74, 6) is -2.27. The van der Waals surface area contributed by atoms with Gasteiger partial charge in [0, 0.05) is 11.6 Å². The van der Waals surface area contributed by atoms with E-state index in [1.807, 2.05) is 0 Å². The molecule has 160 valence electrons. The molecule has 2 aromatic carbocycles. The lowest BCUT2D eigenvalue weighted by Gasteiger charge is -2.14. The molecule has 2 aromatic rings. The average Bonchev–Trinajstić information content (AvgIpc) is 3.01.